The molecule has 6 heteroatoms. The average Bonchev–Trinajstić information content (AvgIpc) is 3.16. The van der Waals surface area contributed by atoms with Gasteiger partial charge in [-0.05, 0) is 30.3 Å². The zero-order chi connectivity index (χ0) is 14.2. The minimum Gasteiger partial charge on any atom is -0.399 e. The second-order valence-corrected chi connectivity index (χ2v) is 4.80. The molecule has 6 nitrogen and oxygen atoms in total. The molecule has 0 aliphatic rings. The Morgan fingerprint density at radius 1 is 1.00 bits per heavy atom. The van der Waals surface area contributed by atoms with Crippen LogP contribution < -0.4 is 5.73 Å². The number of anilines is 1. The molecule has 0 bridgehead atoms. The number of nitrogens with zero attached hydrogens (tertiary/aromatic N) is 3. The van der Waals surface area contributed by atoms with Crippen LogP contribution in [0.15, 0.2) is 48.8 Å². The molecule has 0 aliphatic carbocycles. The summed E-state index contributed by atoms with van der Waals surface area (Å²) in [4.78, 5) is 3.01. The Bertz CT molecular complexity index is 907. The number of hydrogen-bond acceptors (Lipinski definition) is 4. The maximum atomic E-state index is 5.85. The first kappa shape index (κ1) is 11.7. The summed E-state index contributed by atoms with van der Waals surface area (Å²) in [5.41, 5.74) is 10.4. The summed E-state index contributed by atoms with van der Waals surface area (Å²) in [6.45, 7) is 0. The van der Waals surface area contributed by atoms with Crippen LogP contribution >= 0.6 is 0 Å². The predicted molar refractivity (Wildman–Crippen MR) is 81.3 cm³/mol. The summed E-state index contributed by atoms with van der Waals surface area (Å²) < 4.78 is 0. The number of aromatic amines is 2. The molecular weight excluding hydrogens is 264 g/mol. The van der Waals surface area contributed by atoms with Gasteiger partial charge in [0.25, 0.3) is 0 Å². The molecule has 0 atom stereocenters. The standard InChI is InChI=1S/C15H12N6/c16-11-3-1-2-9(6-11)14-12-7-10(15-17-8-18-21-15)4-5-13(12)19-20-14/h1-8H,16H2,(H,19,20)(H,17,18,21). The largest absolute Gasteiger partial charge is 0.399 e. The molecule has 102 valence electrons. The summed E-state index contributed by atoms with van der Waals surface area (Å²) in [7, 11) is 0. The Hall–Kier alpha value is -3.15. The molecule has 4 aromatic rings. The third-order valence-electron chi connectivity index (χ3n) is 3.41. The van der Waals surface area contributed by atoms with Crippen LogP contribution in [0.25, 0.3) is 33.5 Å². The predicted octanol–water partition coefficient (Wildman–Crippen LogP) is 2.60. The average molecular weight is 276 g/mol. The highest BCUT2D eigenvalue weighted by molar-refractivity contribution is 5.95. The van der Waals surface area contributed by atoms with Gasteiger partial charge in [-0.25, -0.2) is 0 Å². The molecule has 0 radical (unpaired) electrons. The van der Waals surface area contributed by atoms with Crippen LogP contribution in [0.4, 0.5) is 5.69 Å². The van der Waals surface area contributed by atoms with Gasteiger partial charge in [-0.3, -0.25) is 5.10 Å². The first-order chi connectivity index (χ1) is 10.3. The molecule has 0 unspecified atom stereocenters. The van der Waals surface area contributed by atoms with Crippen LogP contribution in [0.3, 0.4) is 0 Å². The van der Waals surface area contributed by atoms with Crippen molar-refractivity contribution in [3.05, 3.63) is 48.8 Å². The molecule has 2 aromatic heterocycles. The van der Waals surface area contributed by atoms with Crippen molar-refractivity contribution in [1.29, 1.82) is 0 Å². The first-order valence-corrected chi connectivity index (χ1v) is 6.52. The fourth-order valence-corrected chi connectivity index (χ4v) is 2.41. The third-order valence-corrected chi connectivity index (χ3v) is 3.41. The van der Waals surface area contributed by atoms with Gasteiger partial charge in [0.05, 0.1) is 11.2 Å². The van der Waals surface area contributed by atoms with E-state index in [-0.39, 0.29) is 0 Å². The van der Waals surface area contributed by atoms with Crippen molar-refractivity contribution in [3.8, 4) is 22.6 Å². The number of aromatic nitrogens is 5. The van der Waals surface area contributed by atoms with E-state index in [0.717, 1.165) is 39.2 Å². The Labute approximate surface area is 120 Å². The quantitative estimate of drug-likeness (QED) is 0.490. The summed E-state index contributed by atoms with van der Waals surface area (Å²) in [6.07, 6.45) is 1.56. The van der Waals surface area contributed by atoms with E-state index < -0.39 is 0 Å². The van der Waals surface area contributed by atoms with Crippen molar-refractivity contribution < 1.29 is 0 Å². The van der Waals surface area contributed by atoms with E-state index in [9.17, 15) is 0 Å². The van der Waals surface area contributed by atoms with E-state index in [1.165, 1.54) is 0 Å². The highest BCUT2D eigenvalue weighted by atomic mass is 15.2. The fraction of sp³-hybridized carbons (Fsp3) is 0. The Morgan fingerprint density at radius 2 is 1.95 bits per heavy atom. The lowest BCUT2D eigenvalue weighted by Crippen LogP contribution is -1.86. The van der Waals surface area contributed by atoms with E-state index in [1.807, 2.05) is 42.5 Å². The Balaban J connectivity index is 1.92. The van der Waals surface area contributed by atoms with E-state index >= 15 is 0 Å². The van der Waals surface area contributed by atoms with Crippen molar-refractivity contribution in [3.63, 3.8) is 0 Å². The van der Waals surface area contributed by atoms with Gasteiger partial charge < -0.3 is 10.7 Å². The maximum absolute atomic E-state index is 5.85. The van der Waals surface area contributed by atoms with Gasteiger partial charge in [0.2, 0.25) is 0 Å². The van der Waals surface area contributed by atoms with Crippen LogP contribution in [0, 0.1) is 0 Å². The molecule has 0 saturated carbocycles. The summed E-state index contributed by atoms with van der Waals surface area (Å²) in [6, 6.07) is 13.7. The summed E-state index contributed by atoms with van der Waals surface area (Å²) >= 11 is 0. The molecular formula is C15H12N6. The monoisotopic (exact) mass is 276 g/mol. The smallest absolute Gasteiger partial charge is 0.161 e. The van der Waals surface area contributed by atoms with Crippen molar-refractivity contribution in [2.24, 2.45) is 0 Å². The lowest BCUT2D eigenvalue weighted by atomic mass is 10.0. The van der Waals surface area contributed by atoms with Gasteiger partial charge in [0.15, 0.2) is 5.82 Å². The van der Waals surface area contributed by atoms with Gasteiger partial charge >= 0.3 is 0 Å². The normalized spacial score (nSPS) is 11.0. The summed E-state index contributed by atoms with van der Waals surface area (Å²) in [5.74, 6) is 0.733. The minimum absolute atomic E-state index is 0.718. The lowest BCUT2D eigenvalue weighted by Gasteiger charge is -2.01. The fourth-order valence-electron chi connectivity index (χ4n) is 2.41. The number of hydrogen-bond donors (Lipinski definition) is 3. The third kappa shape index (κ3) is 1.93. The van der Waals surface area contributed by atoms with Gasteiger partial charge in [0.1, 0.15) is 6.33 Å². The van der Waals surface area contributed by atoms with Crippen molar-refractivity contribution in [1.82, 2.24) is 25.4 Å². The van der Waals surface area contributed by atoms with Gasteiger partial charge in [0, 0.05) is 22.2 Å². The molecule has 0 saturated heterocycles. The number of nitrogens with two attached hydrogens (primary N) is 1. The molecule has 4 rings (SSSR count). The summed E-state index contributed by atoms with van der Waals surface area (Å²) in [5, 5.41) is 16.3. The zero-order valence-electron chi connectivity index (χ0n) is 11.0. The number of nitrogen functional groups attached to an aromatic ring is 1. The van der Waals surface area contributed by atoms with Crippen molar-refractivity contribution in [2.75, 3.05) is 5.73 Å². The SMILES string of the molecule is Nc1cccc(-c2n[nH]c3ccc(-c4nnc[nH]4)cc23)c1. The number of H-pyrrole nitrogens is 2. The van der Waals surface area contributed by atoms with E-state index in [1.54, 1.807) is 6.33 Å². The van der Waals surface area contributed by atoms with Crippen molar-refractivity contribution >= 4 is 16.6 Å². The topological polar surface area (TPSA) is 96.3 Å². The Kier molecular flexibility index (Phi) is 2.47. The number of nitrogens with one attached hydrogen (secondary N) is 2. The van der Waals surface area contributed by atoms with E-state index in [4.69, 9.17) is 5.73 Å². The molecule has 2 heterocycles. The highest BCUT2D eigenvalue weighted by Crippen LogP contribution is 2.30. The van der Waals surface area contributed by atoms with Crippen LogP contribution in [-0.2, 0) is 0 Å². The molecule has 21 heavy (non-hydrogen) atoms. The molecule has 0 aliphatic heterocycles. The molecule has 4 N–H and O–H groups in total. The second kappa shape index (κ2) is 4.45. The Morgan fingerprint density at radius 3 is 2.76 bits per heavy atom. The van der Waals surface area contributed by atoms with Crippen molar-refractivity contribution in [2.45, 2.75) is 0 Å². The number of rotatable bonds is 2. The second-order valence-electron chi connectivity index (χ2n) is 4.80. The highest BCUT2D eigenvalue weighted by Gasteiger charge is 2.10. The molecule has 2 aromatic carbocycles. The molecule has 0 fully saturated rings. The lowest BCUT2D eigenvalue weighted by molar-refractivity contribution is 1.10. The number of benzene rings is 2. The van der Waals surface area contributed by atoms with Crippen LogP contribution in [0.1, 0.15) is 0 Å². The minimum atomic E-state index is 0.718. The first-order valence-electron chi connectivity index (χ1n) is 6.52. The van der Waals surface area contributed by atoms with Gasteiger partial charge in [-0.15, -0.1) is 10.2 Å². The molecule has 0 spiro atoms. The van der Waals surface area contributed by atoms with Gasteiger partial charge in [-0.1, -0.05) is 12.1 Å². The van der Waals surface area contributed by atoms with Crippen LogP contribution in [0.2, 0.25) is 0 Å². The maximum Gasteiger partial charge on any atom is 0.161 e. The van der Waals surface area contributed by atoms with E-state index in [0.29, 0.717) is 0 Å². The van der Waals surface area contributed by atoms with E-state index in [2.05, 4.69) is 25.4 Å². The van der Waals surface area contributed by atoms with Crippen LogP contribution in [-0.4, -0.2) is 25.4 Å². The van der Waals surface area contributed by atoms with Gasteiger partial charge in [-0.2, -0.15) is 5.10 Å². The zero-order valence-corrected chi connectivity index (χ0v) is 11.0. The number of fused-ring (bicyclic) bond motifs is 1. The van der Waals surface area contributed by atoms with Crippen LogP contribution in [0.5, 0.6) is 0 Å². The molecule has 0 amide bonds.